The van der Waals surface area contributed by atoms with Gasteiger partial charge in [0, 0.05) is 19.6 Å². The molecule has 1 aromatic carbocycles. The molecule has 1 aliphatic rings. The monoisotopic (exact) mass is 290 g/mol. The first-order chi connectivity index (χ1) is 10.3. The number of benzene rings is 1. The van der Waals surface area contributed by atoms with Crippen LogP contribution in [0.5, 0.6) is 5.75 Å². The Morgan fingerprint density at radius 2 is 2.10 bits per heavy atom. The first kappa shape index (κ1) is 16.3. The SMILES string of the molecule is CCCNCc1ccc(OCCN2CCCC(C)C2)cc1. The summed E-state index contributed by atoms with van der Waals surface area (Å²) in [5, 5.41) is 3.41. The lowest BCUT2D eigenvalue weighted by molar-refractivity contribution is 0.153. The zero-order valence-corrected chi connectivity index (χ0v) is 13.6. The Bertz CT molecular complexity index is 391. The normalized spacial score (nSPS) is 19.6. The number of piperidine rings is 1. The van der Waals surface area contributed by atoms with Crippen molar-refractivity contribution in [2.75, 3.05) is 32.8 Å². The molecule has 0 aromatic heterocycles. The average Bonchev–Trinajstić information content (AvgIpc) is 2.49. The van der Waals surface area contributed by atoms with Crippen LogP contribution in [0.25, 0.3) is 0 Å². The lowest BCUT2D eigenvalue weighted by Crippen LogP contribution is -2.37. The molecule has 0 amide bonds. The van der Waals surface area contributed by atoms with Crippen molar-refractivity contribution < 1.29 is 4.74 Å². The van der Waals surface area contributed by atoms with Crippen LogP contribution in [-0.4, -0.2) is 37.7 Å². The summed E-state index contributed by atoms with van der Waals surface area (Å²) >= 11 is 0. The summed E-state index contributed by atoms with van der Waals surface area (Å²) in [6, 6.07) is 8.48. The fourth-order valence-corrected chi connectivity index (χ4v) is 2.90. The fraction of sp³-hybridized carbons (Fsp3) is 0.667. The van der Waals surface area contributed by atoms with E-state index in [4.69, 9.17) is 4.74 Å². The average molecular weight is 290 g/mol. The molecule has 1 saturated heterocycles. The molecule has 1 aromatic rings. The molecule has 0 bridgehead atoms. The zero-order chi connectivity index (χ0) is 14.9. The maximum Gasteiger partial charge on any atom is 0.119 e. The van der Waals surface area contributed by atoms with Crippen LogP contribution in [0.4, 0.5) is 0 Å². The first-order valence-corrected chi connectivity index (χ1v) is 8.42. The summed E-state index contributed by atoms with van der Waals surface area (Å²) in [5.41, 5.74) is 1.32. The van der Waals surface area contributed by atoms with Gasteiger partial charge in [-0.05, 0) is 56.0 Å². The van der Waals surface area contributed by atoms with Crippen LogP contribution >= 0.6 is 0 Å². The molecule has 0 radical (unpaired) electrons. The second-order valence-electron chi connectivity index (χ2n) is 6.22. The van der Waals surface area contributed by atoms with Crippen molar-refractivity contribution in [1.82, 2.24) is 10.2 Å². The minimum Gasteiger partial charge on any atom is -0.492 e. The van der Waals surface area contributed by atoms with E-state index in [2.05, 4.69) is 48.3 Å². The molecule has 0 spiro atoms. The fourth-order valence-electron chi connectivity index (χ4n) is 2.90. The summed E-state index contributed by atoms with van der Waals surface area (Å²) in [4.78, 5) is 2.53. The van der Waals surface area contributed by atoms with Crippen LogP contribution in [0.3, 0.4) is 0 Å². The second kappa shape index (κ2) is 9.06. The van der Waals surface area contributed by atoms with E-state index in [1.807, 2.05) is 0 Å². The van der Waals surface area contributed by atoms with Gasteiger partial charge in [0.05, 0.1) is 0 Å². The molecular weight excluding hydrogens is 260 g/mol. The van der Waals surface area contributed by atoms with Crippen molar-refractivity contribution in [3.05, 3.63) is 29.8 Å². The summed E-state index contributed by atoms with van der Waals surface area (Å²) in [7, 11) is 0. The van der Waals surface area contributed by atoms with Gasteiger partial charge in [0.1, 0.15) is 12.4 Å². The Morgan fingerprint density at radius 1 is 1.29 bits per heavy atom. The Balaban J connectivity index is 1.66. The van der Waals surface area contributed by atoms with Gasteiger partial charge in [-0.2, -0.15) is 0 Å². The molecule has 0 saturated carbocycles. The highest BCUT2D eigenvalue weighted by molar-refractivity contribution is 5.27. The summed E-state index contributed by atoms with van der Waals surface area (Å²) in [5.74, 6) is 1.83. The Morgan fingerprint density at radius 3 is 2.81 bits per heavy atom. The molecule has 1 heterocycles. The molecular formula is C18H30N2O. The van der Waals surface area contributed by atoms with E-state index < -0.39 is 0 Å². The minimum atomic E-state index is 0.792. The van der Waals surface area contributed by atoms with E-state index in [1.165, 1.54) is 37.9 Å². The van der Waals surface area contributed by atoms with Crippen LogP contribution in [0, 0.1) is 5.92 Å². The summed E-state index contributed by atoms with van der Waals surface area (Å²) in [6.45, 7) is 10.9. The molecule has 21 heavy (non-hydrogen) atoms. The van der Waals surface area contributed by atoms with Crippen molar-refractivity contribution in [3.8, 4) is 5.75 Å². The molecule has 1 aliphatic heterocycles. The molecule has 1 unspecified atom stereocenters. The number of hydrogen-bond acceptors (Lipinski definition) is 3. The number of nitrogens with one attached hydrogen (secondary N) is 1. The molecule has 3 nitrogen and oxygen atoms in total. The number of ether oxygens (including phenoxy) is 1. The maximum absolute atomic E-state index is 5.86. The van der Waals surface area contributed by atoms with Gasteiger partial charge in [-0.15, -0.1) is 0 Å². The molecule has 1 N–H and O–H groups in total. The van der Waals surface area contributed by atoms with Crippen LogP contribution < -0.4 is 10.1 Å². The highest BCUT2D eigenvalue weighted by Gasteiger charge is 2.15. The molecule has 3 heteroatoms. The molecule has 2 rings (SSSR count). The third-order valence-corrected chi connectivity index (χ3v) is 4.10. The first-order valence-electron chi connectivity index (χ1n) is 8.42. The Kier molecular flexibility index (Phi) is 7.04. The van der Waals surface area contributed by atoms with E-state index in [0.29, 0.717) is 0 Å². The van der Waals surface area contributed by atoms with E-state index in [-0.39, 0.29) is 0 Å². The van der Waals surface area contributed by atoms with Gasteiger partial charge in [0.2, 0.25) is 0 Å². The number of rotatable bonds is 8. The predicted molar refractivity (Wildman–Crippen MR) is 88.8 cm³/mol. The van der Waals surface area contributed by atoms with Gasteiger partial charge < -0.3 is 10.1 Å². The standard InChI is InChI=1S/C18H30N2O/c1-3-10-19-14-17-6-8-18(9-7-17)21-13-12-20-11-4-5-16(2)15-20/h6-9,16,19H,3-5,10-15H2,1-2H3. The second-order valence-corrected chi connectivity index (χ2v) is 6.22. The predicted octanol–water partition coefficient (Wildman–Crippen LogP) is 3.30. The summed E-state index contributed by atoms with van der Waals surface area (Å²) < 4.78 is 5.86. The number of nitrogens with zero attached hydrogens (tertiary/aromatic N) is 1. The van der Waals surface area contributed by atoms with Gasteiger partial charge in [-0.3, -0.25) is 4.90 Å². The lowest BCUT2D eigenvalue weighted by Gasteiger charge is -2.30. The van der Waals surface area contributed by atoms with E-state index >= 15 is 0 Å². The van der Waals surface area contributed by atoms with Crippen LogP contribution in [-0.2, 0) is 6.54 Å². The molecule has 118 valence electrons. The molecule has 1 atom stereocenters. The third-order valence-electron chi connectivity index (χ3n) is 4.10. The summed E-state index contributed by atoms with van der Waals surface area (Å²) in [6.07, 6.45) is 3.89. The van der Waals surface area contributed by atoms with E-state index in [1.54, 1.807) is 0 Å². The minimum absolute atomic E-state index is 0.792. The van der Waals surface area contributed by atoms with Gasteiger partial charge in [0.15, 0.2) is 0 Å². The highest BCUT2D eigenvalue weighted by Crippen LogP contribution is 2.16. The van der Waals surface area contributed by atoms with Crippen molar-refractivity contribution in [2.24, 2.45) is 5.92 Å². The molecule has 1 fully saturated rings. The number of hydrogen-bond donors (Lipinski definition) is 1. The van der Waals surface area contributed by atoms with E-state index in [9.17, 15) is 0 Å². The maximum atomic E-state index is 5.86. The van der Waals surface area contributed by atoms with Crippen molar-refractivity contribution >= 4 is 0 Å². The zero-order valence-electron chi connectivity index (χ0n) is 13.6. The molecule has 0 aliphatic carbocycles. The van der Waals surface area contributed by atoms with E-state index in [0.717, 1.165) is 37.9 Å². The van der Waals surface area contributed by atoms with Crippen LogP contribution in [0.2, 0.25) is 0 Å². The topological polar surface area (TPSA) is 24.5 Å². The third kappa shape index (κ3) is 6.06. The quantitative estimate of drug-likeness (QED) is 0.744. The highest BCUT2D eigenvalue weighted by atomic mass is 16.5. The Hall–Kier alpha value is -1.06. The largest absolute Gasteiger partial charge is 0.492 e. The van der Waals surface area contributed by atoms with Crippen LogP contribution in [0.15, 0.2) is 24.3 Å². The smallest absolute Gasteiger partial charge is 0.119 e. The van der Waals surface area contributed by atoms with Gasteiger partial charge in [-0.25, -0.2) is 0 Å². The van der Waals surface area contributed by atoms with Gasteiger partial charge in [-0.1, -0.05) is 26.0 Å². The van der Waals surface area contributed by atoms with Crippen molar-refractivity contribution in [3.63, 3.8) is 0 Å². The van der Waals surface area contributed by atoms with Crippen molar-refractivity contribution in [1.29, 1.82) is 0 Å². The number of likely N-dealkylation sites (tertiary alicyclic amines) is 1. The van der Waals surface area contributed by atoms with Crippen LogP contribution in [0.1, 0.15) is 38.7 Å². The Labute approximate surface area is 129 Å². The lowest BCUT2D eigenvalue weighted by atomic mass is 10.0. The van der Waals surface area contributed by atoms with Crippen molar-refractivity contribution in [2.45, 2.75) is 39.7 Å². The van der Waals surface area contributed by atoms with Gasteiger partial charge >= 0.3 is 0 Å². The van der Waals surface area contributed by atoms with Gasteiger partial charge in [0.25, 0.3) is 0 Å².